The van der Waals surface area contributed by atoms with Crippen molar-refractivity contribution in [1.82, 2.24) is 4.90 Å². The van der Waals surface area contributed by atoms with Gasteiger partial charge in [-0.25, -0.2) is 4.79 Å². The summed E-state index contributed by atoms with van der Waals surface area (Å²) in [5.74, 6) is -0.895. The van der Waals surface area contributed by atoms with E-state index < -0.39 is 12.1 Å². The lowest BCUT2D eigenvalue weighted by atomic mass is 10.2. The van der Waals surface area contributed by atoms with Crippen LogP contribution in [-0.4, -0.2) is 34.7 Å². The molecule has 1 amide bonds. The molecule has 21 heavy (non-hydrogen) atoms. The van der Waals surface area contributed by atoms with Crippen molar-refractivity contribution in [1.29, 1.82) is 0 Å². The SMILES string of the molecule is O=C(O)CCN(C(=O)OCc1ccccc1)C1CCCC1. The second-order valence-corrected chi connectivity index (χ2v) is 5.32. The summed E-state index contributed by atoms with van der Waals surface area (Å²) in [4.78, 5) is 24.6. The maximum Gasteiger partial charge on any atom is 0.410 e. The van der Waals surface area contributed by atoms with Crippen molar-refractivity contribution < 1.29 is 19.4 Å². The van der Waals surface area contributed by atoms with Crippen LogP contribution in [0.15, 0.2) is 30.3 Å². The van der Waals surface area contributed by atoms with Crippen LogP contribution < -0.4 is 0 Å². The number of ether oxygens (including phenoxy) is 1. The molecule has 0 spiro atoms. The van der Waals surface area contributed by atoms with Crippen LogP contribution in [0.3, 0.4) is 0 Å². The van der Waals surface area contributed by atoms with E-state index in [2.05, 4.69) is 0 Å². The Kier molecular flexibility index (Phi) is 5.60. The number of nitrogens with zero attached hydrogens (tertiary/aromatic N) is 1. The van der Waals surface area contributed by atoms with Gasteiger partial charge < -0.3 is 14.7 Å². The van der Waals surface area contributed by atoms with Crippen molar-refractivity contribution in [3.05, 3.63) is 35.9 Å². The average molecular weight is 291 g/mol. The molecule has 0 atom stereocenters. The van der Waals surface area contributed by atoms with Crippen molar-refractivity contribution in [2.75, 3.05) is 6.54 Å². The van der Waals surface area contributed by atoms with Crippen molar-refractivity contribution in [2.45, 2.75) is 44.8 Å². The summed E-state index contributed by atoms with van der Waals surface area (Å²) >= 11 is 0. The molecule has 2 rings (SSSR count). The van der Waals surface area contributed by atoms with Gasteiger partial charge in [-0.3, -0.25) is 4.79 Å². The fourth-order valence-corrected chi connectivity index (χ4v) is 2.66. The highest BCUT2D eigenvalue weighted by molar-refractivity contribution is 5.71. The number of benzene rings is 1. The molecule has 1 aliphatic carbocycles. The molecule has 5 heteroatoms. The third kappa shape index (κ3) is 4.77. The van der Waals surface area contributed by atoms with Gasteiger partial charge in [0.2, 0.25) is 0 Å². The normalized spacial score (nSPS) is 14.9. The topological polar surface area (TPSA) is 66.8 Å². The van der Waals surface area contributed by atoms with E-state index >= 15 is 0 Å². The Bertz CT molecular complexity index is 468. The molecule has 0 radical (unpaired) electrons. The molecule has 0 unspecified atom stereocenters. The van der Waals surface area contributed by atoms with E-state index in [1.165, 1.54) is 0 Å². The molecule has 1 fully saturated rings. The number of carbonyl (C=O) groups is 2. The van der Waals surface area contributed by atoms with E-state index in [1.807, 2.05) is 30.3 Å². The van der Waals surface area contributed by atoms with Crippen LogP contribution in [0.2, 0.25) is 0 Å². The maximum atomic E-state index is 12.2. The molecule has 114 valence electrons. The molecule has 0 aromatic heterocycles. The van der Waals surface area contributed by atoms with E-state index in [0.717, 1.165) is 31.2 Å². The molecule has 5 nitrogen and oxygen atoms in total. The lowest BCUT2D eigenvalue weighted by Crippen LogP contribution is -2.40. The van der Waals surface area contributed by atoms with Crippen LogP contribution in [0, 0.1) is 0 Å². The molecule has 0 saturated heterocycles. The maximum absolute atomic E-state index is 12.2. The predicted octanol–water partition coefficient (Wildman–Crippen LogP) is 3.04. The molecule has 1 aliphatic rings. The van der Waals surface area contributed by atoms with Crippen molar-refractivity contribution in [2.24, 2.45) is 0 Å². The predicted molar refractivity (Wildman–Crippen MR) is 77.8 cm³/mol. The number of amides is 1. The minimum Gasteiger partial charge on any atom is -0.481 e. The second-order valence-electron chi connectivity index (χ2n) is 5.32. The quantitative estimate of drug-likeness (QED) is 0.874. The fraction of sp³-hybridized carbons (Fsp3) is 0.500. The number of carboxylic acids is 1. The Labute approximate surface area is 124 Å². The van der Waals surface area contributed by atoms with Gasteiger partial charge in [-0.2, -0.15) is 0 Å². The standard InChI is InChI=1S/C16H21NO4/c18-15(19)10-11-17(14-8-4-5-9-14)16(20)21-12-13-6-2-1-3-7-13/h1-3,6-7,14H,4-5,8-12H2,(H,18,19). The lowest BCUT2D eigenvalue weighted by Gasteiger charge is -2.27. The highest BCUT2D eigenvalue weighted by Crippen LogP contribution is 2.24. The first-order valence-corrected chi connectivity index (χ1v) is 7.36. The number of hydrogen-bond donors (Lipinski definition) is 1. The summed E-state index contributed by atoms with van der Waals surface area (Å²) in [7, 11) is 0. The average Bonchev–Trinajstić information content (AvgIpc) is 3.00. The van der Waals surface area contributed by atoms with E-state index in [4.69, 9.17) is 9.84 Å². The van der Waals surface area contributed by atoms with Crippen LogP contribution >= 0.6 is 0 Å². The smallest absolute Gasteiger partial charge is 0.410 e. The Balaban J connectivity index is 1.91. The molecular weight excluding hydrogens is 270 g/mol. The molecule has 1 N–H and O–H groups in total. The van der Waals surface area contributed by atoms with Gasteiger partial charge in [0.05, 0.1) is 6.42 Å². The number of hydrogen-bond acceptors (Lipinski definition) is 3. The second kappa shape index (κ2) is 7.67. The number of rotatable bonds is 6. The van der Waals surface area contributed by atoms with Crippen LogP contribution in [-0.2, 0) is 16.1 Å². The Morgan fingerprint density at radius 2 is 1.86 bits per heavy atom. The summed E-state index contributed by atoms with van der Waals surface area (Å²) in [6, 6.07) is 9.59. The first-order chi connectivity index (χ1) is 10.2. The molecule has 1 aromatic rings. The molecule has 0 bridgehead atoms. The van der Waals surface area contributed by atoms with E-state index in [0.29, 0.717) is 0 Å². The first kappa shape index (κ1) is 15.4. The van der Waals surface area contributed by atoms with Gasteiger partial charge in [-0.15, -0.1) is 0 Å². The lowest BCUT2D eigenvalue weighted by molar-refractivity contribution is -0.137. The minimum atomic E-state index is -0.895. The number of aliphatic carboxylic acids is 1. The van der Waals surface area contributed by atoms with Crippen LogP contribution in [0.5, 0.6) is 0 Å². The molecular formula is C16H21NO4. The molecule has 0 aliphatic heterocycles. The van der Waals surface area contributed by atoms with Gasteiger partial charge in [-0.1, -0.05) is 43.2 Å². The van der Waals surface area contributed by atoms with Gasteiger partial charge in [0, 0.05) is 12.6 Å². The van der Waals surface area contributed by atoms with Gasteiger partial charge in [0.15, 0.2) is 0 Å². The first-order valence-electron chi connectivity index (χ1n) is 7.36. The van der Waals surface area contributed by atoms with Crippen LogP contribution in [0.25, 0.3) is 0 Å². The summed E-state index contributed by atoms with van der Waals surface area (Å²) in [5, 5.41) is 8.82. The molecule has 1 aromatic carbocycles. The summed E-state index contributed by atoms with van der Waals surface area (Å²) < 4.78 is 5.33. The van der Waals surface area contributed by atoms with Crippen molar-refractivity contribution in [3.8, 4) is 0 Å². The third-order valence-corrected chi connectivity index (χ3v) is 3.77. The van der Waals surface area contributed by atoms with E-state index in [9.17, 15) is 9.59 Å². The number of carboxylic acid groups (broad SMARTS) is 1. The largest absolute Gasteiger partial charge is 0.481 e. The third-order valence-electron chi connectivity index (χ3n) is 3.77. The summed E-state index contributed by atoms with van der Waals surface area (Å²) in [6.45, 7) is 0.434. The monoisotopic (exact) mass is 291 g/mol. The Morgan fingerprint density at radius 1 is 1.19 bits per heavy atom. The zero-order valence-corrected chi connectivity index (χ0v) is 12.0. The van der Waals surface area contributed by atoms with Crippen molar-refractivity contribution in [3.63, 3.8) is 0 Å². The Morgan fingerprint density at radius 3 is 2.48 bits per heavy atom. The molecule has 0 heterocycles. The van der Waals surface area contributed by atoms with Crippen molar-refractivity contribution >= 4 is 12.1 Å². The van der Waals surface area contributed by atoms with Crippen LogP contribution in [0.4, 0.5) is 4.79 Å². The Hall–Kier alpha value is -2.04. The van der Waals surface area contributed by atoms with Gasteiger partial charge in [0.25, 0.3) is 0 Å². The van der Waals surface area contributed by atoms with E-state index in [-0.39, 0.29) is 25.6 Å². The van der Waals surface area contributed by atoms with Crippen LogP contribution in [0.1, 0.15) is 37.7 Å². The zero-order chi connectivity index (χ0) is 15.1. The summed E-state index contributed by atoms with van der Waals surface area (Å²) in [6.07, 6.45) is 3.57. The fourth-order valence-electron chi connectivity index (χ4n) is 2.66. The highest BCUT2D eigenvalue weighted by Gasteiger charge is 2.28. The van der Waals surface area contributed by atoms with Gasteiger partial charge in [0.1, 0.15) is 6.61 Å². The molecule has 1 saturated carbocycles. The van der Waals surface area contributed by atoms with Gasteiger partial charge >= 0.3 is 12.1 Å². The summed E-state index contributed by atoms with van der Waals surface area (Å²) in [5.41, 5.74) is 0.926. The van der Waals surface area contributed by atoms with E-state index in [1.54, 1.807) is 4.90 Å². The highest BCUT2D eigenvalue weighted by atomic mass is 16.6. The minimum absolute atomic E-state index is 0.0447. The van der Waals surface area contributed by atoms with Gasteiger partial charge in [-0.05, 0) is 18.4 Å². The zero-order valence-electron chi connectivity index (χ0n) is 12.0. The number of carbonyl (C=O) groups excluding carboxylic acids is 1.